The quantitative estimate of drug-likeness (QED) is 0.908. The molecule has 19 heavy (non-hydrogen) atoms. The fourth-order valence-corrected chi connectivity index (χ4v) is 3.22. The standard InChI is InChI=1S/C13H24N4OS/c1-13(2,3)14-6-5-11-15-12(16-18-11)10-9-19-8-7-17(10)4/h10,14H,5-9H2,1-4H3. The largest absolute Gasteiger partial charge is 0.339 e. The predicted molar refractivity (Wildman–Crippen MR) is 78.5 cm³/mol. The molecular formula is C13H24N4OS. The molecule has 0 aliphatic carbocycles. The minimum atomic E-state index is 0.128. The monoisotopic (exact) mass is 284 g/mol. The molecule has 1 N–H and O–H groups in total. The summed E-state index contributed by atoms with van der Waals surface area (Å²) in [5, 5.41) is 7.56. The van der Waals surface area contributed by atoms with Gasteiger partial charge in [-0.1, -0.05) is 5.16 Å². The first-order valence-corrected chi connectivity index (χ1v) is 7.97. The van der Waals surface area contributed by atoms with Gasteiger partial charge in [-0.05, 0) is 27.8 Å². The lowest BCUT2D eigenvalue weighted by Gasteiger charge is -2.29. The molecule has 1 unspecified atom stereocenters. The summed E-state index contributed by atoms with van der Waals surface area (Å²) >= 11 is 1.96. The smallest absolute Gasteiger partial charge is 0.227 e. The second-order valence-corrected chi connectivity index (χ2v) is 7.19. The molecule has 1 aliphatic heterocycles. The van der Waals surface area contributed by atoms with Crippen molar-refractivity contribution in [2.24, 2.45) is 0 Å². The van der Waals surface area contributed by atoms with Gasteiger partial charge in [0.1, 0.15) is 0 Å². The number of hydrogen-bond donors (Lipinski definition) is 1. The van der Waals surface area contributed by atoms with Gasteiger partial charge in [-0.25, -0.2) is 0 Å². The van der Waals surface area contributed by atoms with Gasteiger partial charge < -0.3 is 9.84 Å². The molecule has 0 amide bonds. The normalized spacial score (nSPS) is 21.8. The number of hydrogen-bond acceptors (Lipinski definition) is 6. The zero-order valence-electron chi connectivity index (χ0n) is 12.3. The SMILES string of the molecule is CN1CCSCC1c1noc(CCNC(C)(C)C)n1. The molecule has 5 nitrogen and oxygen atoms in total. The van der Waals surface area contributed by atoms with Crippen molar-refractivity contribution in [1.82, 2.24) is 20.4 Å². The van der Waals surface area contributed by atoms with Crippen molar-refractivity contribution in [2.75, 3.05) is 31.6 Å². The van der Waals surface area contributed by atoms with Crippen molar-refractivity contribution in [3.05, 3.63) is 11.7 Å². The maximum Gasteiger partial charge on any atom is 0.227 e. The van der Waals surface area contributed by atoms with Gasteiger partial charge >= 0.3 is 0 Å². The second-order valence-electron chi connectivity index (χ2n) is 6.04. The molecule has 1 aromatic rings. The van der Waals surface area contributed by atoms with E-state index in [2.05, 4.69) is 48.2 Å². The highest BCUT2D eigenvalue weighted by Gasteiger charge is 2.25. The molecule has 1 saturated heterocycles. The average Bonchev–Trinajstić information content (AvgIpc) is 2.76. The fraction of sp³-hybridized carbons (Fsp3) is 0.846. The van der Waals surface area contributed by atoms with Gasteiger partial charge in [0.25, 0.3) is 0 Å². The Kier molecular flexibility index (Phi) is 4.86. The van der Waals surface area contributed by atoms with Gasteiger partial charge in [0.15, 0.2) is 5.82 Å². The van der Waals surface area contributed by atoms with Gasteiger partial charge in [0, 0.05) is 36.6 Å². The van der Waals surface area contributed by atoms with Crippen LogP contribution in [0.4, 0.5) is 0 Å². The number of thioether (sulfide) groups is 1. The fourth-order valence-electron chi connectivity index (χ4n) is 2.01. The molecule has 1 atom stereocenters. The van der Waals surface area contributed by atoms with Crippen molar-refractivity contribution in [3.63, 3.8) is 0 Å². The van der Waals surface area contributed by atoms with Gasteiger partial charge in [0.05, 0.1) is 6.04 Å². The first-order valence-electron chi connectivity index (χ1n) is 6.81. The van der Waals surface area contributed by atoms with Gasteiger partial charge in [-0.3, -0.25) is 4.90 Å². The van der Waals surface area contributed by atoms with Crippen molar-refractivity contribution < 1.29 is 4.52 Å². The third-order valence-electron chi connectivity index (χ3n) is 3.17. The highest BCUT2D eigenvalue weighted by molar-refractivity contribution is 7.99. The third-order valence-corrected chi connectivity index (χ3v) is 4.19. The summed E-state index contributed by atoms with van der Waals surface area (Å²) in [6.45, 7) is 8.41. The molecular weight excluding hydrogens is 260 g/mol. The molecule has 0 saturated carbocycles. The van der Waals surface area contributed by atoms with E-state index in [-0.39, 0.29) is 5.54 Å². The van der Waals surface area contributed by atoms with Crippen LogP contribution in [0.5, 0.6) is 0 Å². The van der Waals surface area contributed by atoms with E-state index in [1.54, 1.807) is 0 Å². The number of aromatic nitrogens is 2. The zero-order valence-corrected chi connectivity index (χ0v) is 13.1. The van der Waals surface area contributed by atoms with E-state index in [9.17, 15) is 0 Å². The van der Waals surface area contributed by atoms with Gasteiger partial charge in [-0.2, -0.15) is 16.7 Å². The molecule has 1 aromatic heterocycles. The Labute approximate surface area is 119 Å². The van der Waals surface area contributed by atoms with E-state index in [0.29, 0.717) is 6.04 Å². The van der Waals surface area contributed by atoms with Crippen LogP contribution in [-0.2, 0) is 6.42 Å². The first-order chi connectivity index (χ1) is 8.96. The molecule has 2 heterocycles. The van der Waals surface area contributed by atoms with Gasteiger partial charge in [0.2, 0.25) is 5.89 Å². The number of rotatable bonds is 4. The van der Waals surface area contributed by atoms with Crippen LogP contribution in [0.2, 0.25) is 0 Å². The van der Waals surface area contributed by atoms with E-state index in [1.807, 2.05) is 11.8 Å². The molecule has 6 heteroatoms. The van der Waals surface area contributed by atoms with Crippen molar-refractivity contribution in [2.45, 2.75) is 38.8 Å². The van der Waals surface area contributed by atoms with Crippen LogP contribution in [0.3, 0.4) is 0 Å². The maximum atomic E-state index is 5.34. The van der Waals surface area contributed by atoms with Crippen LogP contribution in [0, 0.1) is 0 Å². The highest BCUT2D eigenvalue weighted by Crippen LogP contribution is 2.26. The molecule has 0 radical (unpaired) electrons. The van der Waals surface area contributed by atoms with Crippen molar-refractivity contribution in [3.8, 4) is 0 Å². The van der Waals surface area contributed by atoms with Crippen LogP contribution in [0.25, 0.3) is 0 Å². The summed E-state index contributed by atoms with van der Waals surface area (Å²) in [4.78, 5) is 6.84. The molecule has 0 aromatic carbocycles. The molecule has 0 bridgehead atoms. The van der Waals surface area contributed by atoms with Crippen LogP contribution in [0.1, 0.15) is 38.5 Å². The third kappa shape index (κ3) is 4.47. The Morgan fingerprint density at radius 3 is 2.95 bits per heavy atom. The minimum absolute atomic E-state index is 0.128. The summed E-state index contributed by atoms with van der Waals surface area (Å²) in [6, 6.07) is 0.298. The Hall–Kier alpha value is -0.590. The van der Waals surface area contributed by atoms with E-state index in [1.165, 1.54) is 5.75 Å². The Morgan fingerprint density at radius 1 is 1.47 bits per heavy atom. The van der Waals surface area contributed by atoms with E-state index >= 15 is 0 Å². The number of nitrogens with zero attached hydrogens (tertiary/aromatic N) is 3. The summed E-state index contributed by atoms with van der Waals surface area (Å²) in [5.74, 6) is 3.80. The lowest BCUT2D eigenvalue weighted by molar-refractivity contribution is 0.256. The molecule has 0 spiro atoms. The summed E-state index contributed by atoms with van der Waals surface area (Å²) < 4.78 is 5.34. The van der Waals surface area contributed by atoms with Crippen LogP contribution in [-0.4, -0.2) is 52.2 Å². The average molecular weight is 284 g/mol. The highest BCUT2D eigenvalue weighted by atomic mass is 32.2. The van der Waals surface area contributed by atoms with Crippen LogP contribution >= 0.6 is 11.8 Å². The predicted octanol–water partition coefficient (Wildman–Crippen LogP) is 1.72. The summed E-state index contributed by atoms with van der Waals surface area (Å²) in [5.41, 5.74) is 0.128. The van der Waals surface area contributed by atoms with E-state index in [4.69, 9.17) is 4.52 Å². The molecule has 108 valence electrons. The van der Waals surface area contributed by atoms with E-state index in [0.717, 1.165) is 37.0 Å². The zero-order chi connectivity index (χ0) is 13.9. The van der Waals surface area contributed by atoms with Crippen LogP contribution < -0.4 is 5.32 Å². The van der Waals surface area contributed by atoms with Crippen molar-refractivity contribution >= 4 is 11.8 Å². The Balaban J connectivity index is 1.88. The van der Waals surface area contributed by atoms with Crippen molar-refractivity contribution in [1.29, 1.82) is 0 Å². The van der Waals surface area contributed by atoms with Gasteiger partial charge in [-0.15, -0.1) is 0 Å². The van der Waals surface area contributed by atoms with E-state index < -0.39 is 0 Å². The number of nitrogens with one attached hydrogen (secondary N) is 1. The Bertz CT molecular complexity index is 402. The minimum Gasteiger partial charge on any atom is -0.339 e. The molecule has 1 fully saturated rings. The van der Waals surface area contributed by atoms with Crippen LogP contribution in [0.15, 0.2) is 4.52 Å². The molecule has 2 rings (SSSR count). The summed E-state index contributed by atoms with van der Waals surface area (Å²) in [6.07, 6.45) is 0.786. The summed E-state index contributed by atoms with van der Waals surface area (Å²) in [7, 11) is 2.13. The lowest BCUT2D eigenvalue weighted by atomic mass is 10.1. The maximum absolute atomic E-state index is 5.34. The topological polar surface area (TPSA) is 54.2 Å². The lowest BCUT2D eigenvalue weighted by Crippen LogP contribution is -2.37. The first kappa shape index (κ1) is 14.8. The Morgan fingerprint density at radius 2 is 2.26 bits per heavy atom. The second kappa shape index (κ2) is 6.24. The molecule has 1 aliphatic rings.